The number of hydrogen-bond acceptors (Lipinski definition) is 3. The lowest BCUT2D eigenvalue weighted by Gasteiger charge is -2.12. The summed E-state index contributed by atoms with van der Waals surface area (Å²) in [4.78, 5) is 11.9. The van der Waals surface area contributed by atoms with Crippen LogP contribution in [0.4, 0.5) is 0 Å². The molecule has 0 aliphatic carbocycles. The SMILES string of the molecule is Cc1cc(C(=O)C(C)NCCO)ccc1Cl. The molecule has 88 valence electrons. The second-order valence-corrected chi connectivity index (χ2v) is 4.13. The number of halogens is 1. The molecule has 0 aliphatic rings. The van der Waals surface area contributed by atoms with E-state index in [1.54, 1.807) is 25.1 Å². The number of rotatable bonds is 5. The molecule has 0 amide bonds. The summed E-state index contributed by atoms with van der Waals surface area (Å²) in [7, 11) is 0. The van der Waals surface area contributed by atoms with E-state index < -0.39 is 0 Å². The fourth-order valence-electron chi connectivity index (χ4n) is 1.42. The van der Waals surface area contributed by atoms with Crippen LogP contribution in [0, 0.1) is 6.92 Å². The molecule has 0 aliphatic heterocycles. The molecule has 0 bridgehead atoms. The molecule has 1 unspecified atom stereocenters. The van der Waals surface area contributed by atoms with Crippen LogP contribution in [0.1, 0.15) is 22.8 Å². The Morgan fingerprint density at radius 2 is 2.25 bits per heavy atom. The lowest BCUT2D eigenvalue weighted by Crippen LogP contribution is -2.35. The summed E-state index contributed by atoms with van der Waals surface area (Å²) in [5.74, 6) is 0.00761. The molecule has 0 aromatic heterocycles. The Morgan fingerprint density at radius 1 is 1.56 bits per heavy atom. The van der Waals surface area contributed by atoms with Gasteiger partial charge in [0.25, 0.3) is 0 Å². The van der Waals surface area contributed by atoms with Gasteiger partial charge in [0.15, 0.2) is 5.78 Å². The summed E-state index contributed by atoms with van der Waals surface area (Å²) in [6, 6.07) is 4.92. The first-order chi connectivity index (χ1) is 7.56. The summed E-state index contributed by atoms with van der Waals surface area (Å²) in [5.41, 5.74) is 1.53. The van der Waals surface area contributed by atoms with Crippen LogP contribution in [0.2, 0.25) is 5.02 Å². The van der Waals surface area contributed by atoms with Crippen LogP contribution >= 0.6 is 11.6 Å². The van der Waals surface area contributed by atoms with E-state index in [0.717, 1.165) is 5.56 Å². The van der Waals surface area contributed by atoms with Crippen molar-refractivity contribution in [3.8, 4) is 0 Å². The maximum Gasteiger partial charge on any atom is 0.179 e. The van der Waals surface area contributed by atoms with E-state index in [0.29, 0.717) is 17.1 Å². The van der Waals surface area contributed by atoms with Gasteiger partial charge in [-0.05, 0) is 37.6 Å². The number of hydrogen-bond donors (Lipinski definition) is 2. The van der Waals surface area contributed by atoms with Crippen LogP contribution in [0.5, 0.6) is 0 Å². The quantitative estimate of drug-likeness (QED) is 0.773. The zero-order chi connectivity index (χ0) is 12.1. The van der Waals surface area contributed by atoms with Crippen LogP contribution in [0.3, 0.4) is 0 Å². The number of aliphatic hydroxyl groups excluding tert-OH is 1. The molecule has 1 atom stereocenters. The maximum absolute atomic E-state index is 11.9. The fraction of sp³-hybridized carbons (Fsp3) is 0.417. The third-order valence-corrected chi connectivity index (χ3v) is 2.82. The topological polar surface area (TPSA) is 49.3 Å². The Labute approximate surface area is 100 Å². The minimum Gasteiger partial charge on any atom is -0.395 e. The molecule has 0 radical (unpaired) electrons. The molecular formula is C12H16ClNO2. The normalized spacial score (nSPS) is 12.5. The van der Waals surface area contributed by atoms with Gasteiger partial charge in [0, 0.05) is 17.1 Å². The average molecular weight is 242 g/mol. The number of ketones is 1. The lowest BCUT2D eigenvalue weighted by molar-refractivity contribution is 0.0948. The highest BCUT2D eigenvalue weighted by Crippen LogP contribution is 2.17. The van der Waals surface area contributed by atoms with Crippen LogP contribution in [-0.2, 0) is 0 Å². The first-order valence-electron chi connectivity index (χ1n) is 5.21. The molecular weight excluding hydrogens is 226 g/mol. The zero-order valence-corrected chi connectivity index (χ0v) is 10.2. The Morgan fingerprint density at radius 3 is 2.81 bits per heavy atom. The summed E-state index contributed by atoms with van der Waals surface area (Å²) in [6.45, 7) is 4.09. The number of aryl methyl sites for hydroxylation is 1. The Hall–Kier alpha value is -0.900. The van der Waals surface area contributed by atoms with Crippen molar-refractivity contribution < 1.29 is 9.90 Å². The van der Waals surface area contributed by atoms with Gasteiger partial charge in [-0.1, -0.05) is 11.6 Å². The molecule has 1 aromatic carbocycles. The number of carbonyl (C=O) groups is 1. The highest BCUT2D eigenvalue weighted by Gasteiger charge is 2.14. The van der Waals surface area contributed by atoms with Crippen molar-refractivity contribution in [3.63, 3.8) is 0 Å². The summed E-state index contributed by atoms with van der Waals surface area (Å²) >= 11 is 5.89. The monoisotopic (exact) mass is 241 g/mol. The van der Waals surface area contributed by atoms with Crippen molar-refractivity contribution >= 4 is 17.4 Å². The predicted octanol–water partition coefficient (Wildman–Crippen LogP) is 1.80. The molecule has 0 heterocycles. The van der Waals surface area contributed by atoms with Gasteiger partial charge >= 0.3 is 0 Å². The molecule has 0 saturated carbocycles. The number of nitrogens with one attached hydrogen (secondary N) is 1. The molecule has 16 heavy (non-hydrogen) atoms. The van der Waals surface area contributed by atoms with Crippen LogP contribution < -0.4 is 5.32 Å². The standard InChI is InChI=1S/C12H16ClNO2/c1-8-7-10(3-4-11(8)13)12(16)9(2)14-5-6-15/h3-4,7,9,14-15H,5-6H2,1-2H3. The summed E-state index contributed by atoms with van der Waals surface area (Å²) < 4.78 is 0. The highest BCUT2D eigenvalue weighted by atomic mass is 35.5. The maximum atomic E-state index is 11.9. The minimum absolute atomic E-state index is 0.00761. The molecule has 2 N–H and O–H groups in total. The molecule has 0 saturated heterocycles. The summed E-state index contributed by atoms with van der Waals surface area (Å²) in [6.07, 6.45) is 0. The highest BCUT2D eigenvalue weighted by molar-refractivity contribution is 6.31. The van der Waals surface area contributed by atoms with E-state index >= 15 is 0 Å². The van der Waals surface area contributed by atoms with E-state index in [1.165, 1.54) is 0 Å². The smallest absolute Gasteiger partial charge is 0.179 e. The fourth-order valence-corrected chi connectivity index (χ4v) is 1.54. The zero-order valence-electron chi connectivity index (χ0n) is 9.46. The first-order valence-corrected chi connectivity index (χ1v) is 5.58. The van der Waals surface area contributed by atoms with E-state index in [1.807, 2.05) is 6.92 Å². The molecule has 1 aromatic rings. The number of carbonyl (C=O) groups excluding carboxylic acids is 1. The summed E-state index contributed by atoms with van der Waals surface area (Å²) in [5, 5.41) is 12.2. The van der Waals surface area contributed by atoms with Crippen molar-refractivity contribution in [1.82, 2.24) is 5.32 Å². The van der Waals surface area contributed by atoms with Gasteiger partial charge in [-0.2, -0.15) is 0 Å². The van der Waals surface area contributed by atoms with Gasteiger partial charge in [0.05, 0.1) is 12.6 Å². The van der Waals surface area contributed by atoms with E-state index in [9.17, 15) is 4.79 Å². The van der Waals surface area contributed by atoms with Crippen LogP contribution in [-0.4, -0.2) is 30.1 Å². The van der Waals surface area contributed by atoms with Crippen LogP contribution in [0.15, 0.2) is 18.2 Å². The lowest BCUT2D eigenvalue weighted by atomic mass is 10.0. The van der Waals surface area contributed by atoms with Crippen LogP contribution in [0.25, 0.3) is 0 Å². The number of Topliss-reactive ketones (excluding diaryl/α,β-unsaturated/α-hetero) is 1. The van der Waals surface area contributed by atoms with Crippen molar-refractivity contribution in [2.75, 3.05) is 13.2 Å². The van der Waals surface area contributed by atoms with Gasteiger partial charge < -0.3 is 10.4 Å². The van der Waals surface area contributed by atoms with Gasteiger partial charge in [-0.25, -0.2) is 0 Å². The molecule has 0 fully saturated rings. The van der Waals surface area contributed by atoms with Crippen molar-refractivity contribution in [2.24, 2.45) is 0 Å². The number of benzene rings is 1. The Balaban J connectivity index is 2.76. The molecule has 3 nitrogen and oxygen atoms in total. The molecule has 1 rings (SSSR count). The predicted molar refractivity (Wildman–Crippen MR) is 65.1 cm³/mol. The third-order valence-electron chi connectivity index (χ3n) is 2.40. The van der Waals surface area contributed by atoms with Gasteiger partial charge in [0.1, 0.15) is 0 Å². The largest absolute Gasteiger partial charge is 0.395 e. The van der Waals surface area contributed by atoms with E-state index in [2.05, 4.69) is 5.32 Å². The van der Waals surface area contributed by atoms with Gasteiger partial charge in [-0.15, -0.1) is 0 Å². The van der Waals surface area contributed by atoms with Crippen molar-refractivity contribution in [2.45, 2.75) is 19.9 Å². The second kappa shape index (κ2) is 5.99. The Kier molecular flexibility index (Phi) is 4.93. The van der Waals surface area contributed by atoms with Crippen molar-refractivity contribution in [1.29, 1.82) is 0 Å². The van der Waals surface area contributed by atoms with E-state index in [4.69, 9.17) is 16.7 Å². The molecule has 4 heteroatoms. The van der Waals surface area contributed by atoms with Crippen molar-refractivity contribution in [3.05, 3.63) is 34.3 Å². The Bertz CT molecular complexity index is 379. The van der Waals surface area contributed by atoms with E-state index in [-0.39, 0.29) is 18.4 Å². The first kappa shape index (κ1) is 13.2. The minimum atomic E-state index is -0.298. The molecule has 0 spiro atoms. The average Bonchev–Trinajstić information content (AvgIpc) is 2.28. The second-order valence-electron chi connectivity index (χ2n) is 3.73. The third kappa shape index (κ3) is 3.30. The van der Waals surface area contributed by atoms with Gasteiger partial charge in [-0.3, -0.25) is 4.79 Å². The number of aliphatic hydroxyl groups is 1. The van der Waals surface area contributed by atoms with Gasteiger partial charge in [0.2, 0.25) is 0 Å².